The Morgan fingerprint density at radius 2 is 1.68 bits per heavy atom. The molecule has 1 aliphatic heterocycles. The van der Waals surface area contributed by atoms with Crippen LogP contribution in [0.5, 0.6) is 5.75 Å². The summed E-state index contributed by atoms with van der Waals surface area (Å²) in [4.78, 5) is 0. The van der Waals surface area contributed by atoms with Crippen molar-refractivity contribution in [1.82, 2.24) is 0 Å². The molecule has 28 heavy (non-hydrogen) atoms. The molecule has 3 aromatic rings. The highest BCUT2D eigenvalue weighted by Gasteiger charge is 2.25. The summed E-state index contributed by atoms with van der Waals surface area (Å²) in [7, 11) is 1.30. The van der Waals surface area contributed by atoms with Crippen molar-refractivity contribution < 1.29 is 22.6 Å². The average Bonchev–Trinajstić information content (AvgIpc) is 3.55. The number of epoxide rings is 1. The van der Waals surface area contributed by atoms with Crippen molar-refractivity contribution >= 4 is 0 Å². The first-order valence-electron chi connectivity index (χ1n) is 9.08. The van der Waals surface area contributed by atoms with Crippen LogP contribution in [0.2, 0.25) is 0 Å². The first-order chi connectivity index (χ1) is 13.6. The minimum absolute atomic E-state index is 0.0223. The van der Waals surface area contributed by atoms with E-state index in [9.17, 15) is 13.2 Å². The summed E-state index contributed by atoms with van der Waals surface area (Å²) < 4.78 is 52.2. The van der Waals surface area contributed by atoms with Crippen LogP contribution < -0.4 is 4.74 Å². The number of hydrogen-bond donors (Lipinski definition) is 0. The van der Waals surface area contributed by atoms with E-state index in [0.717, 1.165) is 16.7 Å². The minimum atomic E-state index is -0.967. The van der Waals surface area contributed by atoms with E-state index in [4.69, 9.17) is 9.47 Å². The van der Waals surface area contributed by atoms with Gasteiger partial charge in [0.2, 0.25) is 5.82 Å². The van der Waals surface area contributed by atoms with Gasteiger partial charge in [-0.1, -0.05) is 42.5 Å². The lowest BCUT2D eigenvalue weighted by molar-refractivity contribution is 0.370. The molecule has 144 valence electrons. The van der Waals surface area contributed by atoms with Crippen molar-refractivity contribution in [1.29, 1.82) is 0 Å². The van der Waals surface area contributed by atoms with Gasteiger partial charge in [-0.25, -0.2) is 8.78 Å². The number of rotatable bonds is 6. The number of methoxy groups -OCH3 is 1. The predicted molar refractivity (Wildman–Crippen MR) is 101 cm³/mol. The van der Waals surface area contributed by atoms with E-state index in [2.05, 4.69) is 0 Å². The van der Waals surface area contributed by atoms with Gasteiger partial charge in [0.15, 0.2) is 11.6 Å². The van der Waals surface area contributed by atoms with Crippen LogP contribution in [-0.2, 0) is 17.6 Å². The number of halogens is 3. The maximum atomic E-state index is 14.4. The molecule has 0 spiro atoms. The maximum Gasteiger partial charge on any atom is 0.200 e. The van der Waals surface area contributed by atoms with Crippen LogP contribution >= 0.6 is 0 Å². The highest BCUT2D eigenvalue weighted by molar-refractivity contribution is 5.65. The van der Waals surface area contributed by atoms with Crippen molar-refractivity contribution in [3.63, 3.8) is 0 Å². The zero-order valence-electron chi connectivity index (χ0n) is 15.3. The summed E-state index contributed by atoms with van der Waals surface area (Å²) in [5.41, 5.74) is 3.41. The SMILES string of the molecule is COc1ccc(CCc2ccc(-c3ccc(C4CO4)cc3F)cc2)c(F)c1F. The number of hydrogen-bond acceptors (Lipinski definition) is 2. The predicted octanol–water partition coefficient (Wildman–Crippen LogP) is 5.64. The monoisotopic (exact) mass is 384 g/mol. The first-order valence-corrected chi connectivity index (χ1v) is 9.08. The quantitative estimate of drug-likeness (QED) is 0.513. The second kappa shape index (κ2) is 7.68. The summed E-state index contributed by atoms with van der Waals surface area (Å²) in [6.07, 6.45) is 0.925. The smallest absolute Gasteiger partial charge is 0.200 e. The Bertz CT molecular complexity index is 995. The molecule has 2 nitrogen and oxygen atoms in total. The molecule has 0 saturated carbocycles. The fourth-order valence-corrected chi connectivity index (χ4v) is 3.26. The zero-order chi connectivity index (χ0) is 19.7. The van der Waals surface area contributed by atoms with Gasteiger partial charge in [0.05, 0.1) is 13.7 Å². The highest BCUT2D eigenvalue weighted by atomic mass is 19.2. The topological polar surface area (TPSA) is 21.8 Å². The molecule has 0 N–H and O–H groups in total. The lowest BCUT2D eigenvalue weighted by Gasteiger charge is -2.09. The van der Waals surface area contributed by atoms with Gasteiger partial charge in [-0.2, -0.15) is 4.39 Å². The normalized spacial score (nSPS) is 15.5. The molecule has 0 aromatic heterocycles. The van der Waals surface area contributed by atoms with Gasteiger partial charge in [0.1, 0.15) is 11.9 Å². The highest BCUT2D eigenvalue weighted by Crippen LogP contribution is 2.33. The fraction of sp³-hybridized carbons (Fsp3) is 0.217. The largest absolute Gasteiger partial charge is 0.494 e. The molecule has 1 unspecified atom stereocenters. The molecule has 4 rings (SSSR count). The zero-order valence-corrected chi connectivity index (χ0v) is 15.3. The van der Waals surface area contributed by atoms with Crippen LogP contribution in [0.3, 0.4) is 0 Å². The van der Waals surface area contributed by atoms with Crippen LogP contribution in [0, 0.1) is 17.5 Å². The van der Waals surface area contributed by atoms with Crippen LogP contribution in [0.1, 0.15) is 22.8 Å². The second-order valence-electron chi connectivity index (χ2n) is 6.81. The fourth-order valence-electron chi connectivity index (χ4n) is 3.26. The van der Waals surface area contributed by atoms with Crippen LogP contribution in [0.15, 0.2) is 54.6 Å². The lowest BCUT2D eigenvalue weighted by atomic mass is 9.98. The van der Waals surface area contributed by atoms with E-state index in [1.165, 1.54) is 25.3 Å². The third-order valence-electron chi connectivity index (χ3n) is 4.99. The summed E-state index contributed by atoms with van der Waals surface area (Å²) in [5, 5.41) is 0. The number of aryl methyl sites for hydroxylation is 2. The van der Waals surface area contributed by atoms with E-state index < -0.39 is 11.6 Å². The lowest BCUT2D eigenvalue weighted by Crippen LogP contribution is -2.00. The van der Waals surface area contributed by atoms with E-state index in [1.54, 1.807) is 6.07 Å². The Balaban J connectivity index is 1.46. The molecule has 1 aliphatic rings. The van der Waals surface area contributed by atoms with Crippen molar-refractivity contribution in [3.05, 3.63) is 88.7 Å². The summed E-state index contributed by atoms with van der Waals surface area (Å²) >= 11 is 0. The molecule has 1 fully saturated rings. The van der Waals surface area contributed by atoms with Crippen molar-refractivity contribution in [3.8, 4) is 16.9 Å². The summed E-state index contributed by atoms with van der Waals surface area (Å²) in [5.74, 6) is -2.23. The van der Waals surface area contributed by atoms with Crippen LogP contribution in [0.4, 0.5) is 13.2 Å². The molecule has 1 atom stereocenters. The van der Waals surface area contributed by atoms with Crippen molar-refractivity contribution in [2.24, 2.45) is 0 Å². The molecular formula is C23H19F3O2. The molecular weight excluding hydrogens is 365 g/mol. The average molecular weight is 384 g/mol. The van der Waals surface area contributed by atoms with Crippen LogP contribution in [0.25, 0.3) is 11.1 Å². The van der Waals surface area contributed by atoms with E-state index >= 15 is 0 Å². The third-order valence-corrected chi connectivity index (χ3v) is 4.99. The first kappa shape index (κ1) is 18.6. The van der Waals surface area contributed by atoms with E-state index in [0.29, 0.717) is 30.6 Å². The van der Waals surface area contributed by atoms with E-state index in [-0.39, 0.29) is 17.7 Å². The van der Waals surface area contributed by atoms with Gasteiger partial charge in [-0.05, 0) is 47.2 Å². The van der Waals surface area contributed by atoms with Gasteiger partial charge >= 0.3 is 0 Å². The Kier molecular flexibility index (Phi) is 5.09. The molecule has 0 radical (unpaired) electrons. The van der Waals surface area contributed by atoms with Gasteiger partial charge < -0.3 is 9.47 Å². The molecule has 1 saturated heterocycles. The van der Waals surface area contributed by atoms with Crippen LogP contribution in [-0.4, -0.2) is 13.7 Å². The molecule has 0 bridgehead atoms. The standard InChI is InChI=1S/C23H19F3O2/c1-27-20-11-9-16(22(25)23(20)26)7-4-14-2-5-15(6-3-14)18-10-8-17(12-19(18)24)21-13-28-21/h2-3,5-6,8-12,21H,4,7,13H2,1H3. The maximum absolute atomic E-state index is 14.4. The Morgan fingerprint density at radius 3 is 2.32 bits per heavy atom. The van der Waals surface area contributed by atoms with Crippen molar-refractivity contribution in [2.75, 3.05) is 13.7 Å². The minimum Gasteiger partial charge on any atom is -0.494 e. The molecule has 5 heteroatoms. The summed E-state index contributed by atoms with van der Waals surface area (Å²) in [6, 6.07) is 15.6. The Morgan fingerprint density at radius 1 is 0.929 bits per heavy atom. The molecule has 3 aromatic carbocycles. The number of benzene rings is 3. The molecule has 0 amide bonds. The van der Waals surface area contributed by atoms with E-state index in [1.807, 2.05) is 30.3 Å². The van der Waals surface area contributed by atoms with Gasteiger partial charge in [-0.3, -0.25) is 0 Å². The third kappa shape index (κ3) is 3.76. The molecule has 0 aliphatic carbocycles. The Labute approximate surface area is 161 Å². The van der Waals surface area contributed by atoms with Gasteiger partial charge in [0.25, 0.3) is 0 Å². The second-order valence-corrected chi connectivity index (χ2v) is 6.81. The van der Waals surface area contributed by atoms with Gasteiger partial charge in [0, 0.05) is 5.56 Å². The van der Waals surface area contributed by atoms with Crippen molar-refractivity contribution in [2.45, 2.75) is 18.9 Å². The van der Waals surface area contributed by atoms with Gasteiger partial charge in [-0.15, -0.1) is 0 Å². The molecule has 1 heterocycles. The Hall–Kier alpha value is -2.79. The summed E-state index contributed by atoms with van der Waals surface area (Å²) in [6.45, 7) is 0.645. The number of ether oxygens (including phenoxy) is 2.